The molecule has 168 valence electrons. The van der Waals surface area contributed by atoms with Crippen LogP contribution < -0.4 is 4.90 Å². The van der Waals surface area contributed by atoms with Crippen molar-refractivity contribution in [3.8, 4) is 0 Å². The maximum absolute atomic E-state index is 13.2. The summed E-state index contributed by atoms with van der Waals surface area (Å²) in [6.07, 6.45) is 4.35. The Hall–Kier alpha value is -1.41. The summed E-state index contributed by atoms with van der Waals surface area (Å²) in [5.74, 6) is -0.561. The van der Waals surface area contributed by atoms with Crippen molar-refractivity contribution in [3.05, 3.63) is 22.2 Å². The fourth-order valence-electron chi connectivity index (χ4n) is 3.94. The fourth-order valence-corrected chi connectivity index (χ4v) is 6.09. The van der Waals surface area contributed by atoms with Crippen molar-refractivity contribution in [3.63, 3.8) is 0 Å². The molecule has 2 rings (SSSR count). The number of hydrogen-bond acceptors (Lipinski definition) is 4. The molecule has 0 saturated carbocycles. The zero-order valence-corrected chi connectivity index (χ0v) is 20.8. The molecule has 1 aliphatic rings. The van der Waals surface area contributed by atoms with E-state index in [9.17, 15) is 18.0 Å². The second-order valence-corrected chi connectivity index (χ2v) is 11.0. The average Bonchev–Trinajstić information content (AvgIpc) is 3.01. The van der Waals surface area contributed by atoms with Gasteiger partial charge in [-0.25, -0.2) is 8.42 Å². The van der Waals surface area contributed by atoms with E-state index in [1.54, 1.807) is 15.9 Å². The summed E-state index contributed by atoms with van der Waals surface area (Å²) in [7, 11) is -3.74. The number of anilines is 1. The minimum Gasteiger partial charge on any atom is -0.343 e. The third-order valence-electron chi connectivity index (χ3n) is 5.49. The SMILES string of the molecule is CCCCN(CCCC)C(=O)CCS(=O)(=O)c1cc(Br)cc2c1N(C(C)=O)C(C)C2. The van der Waals surface area contributed by atoms with Gasteiger partial charge in [0.05, 0.1) is 16.3 Å². The second-order valence-electron chi connectivity index (χ2n) is 8.01. The van der Waals surface area contributed by atoms with Crippen molar-refractivity contribution < 1.29 is 18.0 Å². The minimum absolute atomic E-state index is 0.0489. The highest BCUT2D eigenvalue weighted by Gasteiger charge is 2.35. The van der Waals surface area contributed by atoms with Crippen LogP contribution in [-0.4, -0.2) is 50.0 Å². The number of fused-ring (bicyclic) bond motifs is 1. The first-order chi connectivity index (χ1) is 14.1. The molecule has 0 spiro atoms. The van der Waals surface area contributed by atoms with Crippen LogP contribution in [0.15, 0.2) is 21.5 Å². The van der Waals surface area contributed by atoms with E-state index in [2.05, 4.69) is 29.8 Å². The highest BCUT2D eigenvalue weighted by atomic mass is 79.9. The molecule has 2 amide bonds. The molecule has 30 heavy (non-hydrogen) atoms. The Morgan fingerprint density at radius 3 is 2.30 bits per heavy atom. The van der Waals surface area contributed by atoms with Crippen LogP contribution in [0.3, 0.4) is 0 Å². The van der Waals surface area contributed by atoms with E-state index >= 15 is 0 Å². The smallest absolute Gasteiger partial charge is 0.224 e. The van der Waals surface area contributed by atoms with E-state index < -0.39 is 9.84 Å². The Morgan fingerprint density at radius 1 is 1.17 bits per heavy atom. The average molecular weight is 501 g/mol. The predicted octanol–water partition coefficient (Wildman–Crippen LogP) is 4.34. The van der Waals surface area contributed by atoms with Gasteiger partial charge in [0.2, 0.25) is 11.8 Å². The molecular formula is C22H33BrN2O4S. The van der Waals surface area contributed by atoms with Crippen molar-refractivity contribution >= 4 is 43.3 Å². The van der Waals surface area contributed by atoms with Gasteiger partial charge < -0.3 is 9.80 Å². The Balaban J connectivity index is 2.26. The molecule has 0 N–H and O–H groups in total. The van der Waals surface area contributed by atoms with Crippen LogP contribution >= 0.6 is 15.9 Å². The molecule has 1 atom stereocenters. The van der Waals surface area contributed by atoms with Gasteiger partial charge in [0.25, 0.3) is 0 Å². The summed E-state index contributed by atoms with van der Waals surface area (Å²) in [5.41, 5.74) is 1.31. The molecule has 0 saturated heterocycles. The molecule has 1 aliphatic heterocycles. The summed E-state index contributed by atoms with van der Waals surface area (Å²) in [4.78, 5) is 28.4. The Bertz CT molecular complexity index is 877. The van der Waals surface area contributed by atoms with Crippen LogP contribution in [0.25, 0.3) is 0 Å². The first kappa shape index (κ1) is 24.9. The van der Waals surface area contributed by atoms with Gasteiger partial charge in [0.1, 0.15) is 0 Å². The van der Waals surface area contributed by atoms with E-state index in [-0.39, 0.29) is 34.9 Å². The van der Waals surface area contributed by atoms with Crippen LogP contribution in [0, 0.1) is 0 Å². The first-order valence-electron chi connectivity index (χ1n) is 10.7. The van der Waals surface area contributed by atoms with Crippen LogP contribution in [0.2, 0.25) is 0 Å². The lowest BCUT2D eigenvalue weighted by Gasteiger charge is -2.24. The normalized spacial score (nSPS) is 15.9. The quantitative estimate of drug-likeness (QED) is 0.478. The maximum Gasteiger partial charge on any atom is 0.224 e. The highest BCUT2D eigenvalue weighted by molar-refractivity contribution is 9.10. The molecule has 1 heterocycles. The van der Waals surface area contributed by atoms with Crippen molar-refractivity contribution in [2.45, 2.75) is 77.2 Å². The van der Waals surface area contributed by atoms with Gasteiger partial charge >= 0.3 is 0 Å². The van der Waals surface area contributed by atoms with Crippen molar-refractivity contribution in [2.75, 3.05) is 23.7 Å². The molecule has 1 aromatic rings. The molecule has 0 aliphatic carbocycles. The number of nitrogens with zero attached hydrogens (tertiary/aromatic N) is 2. The van der Waals surface area contributed by atoms with Crippen molar-refractivity contribution in [2.24, 2.45) is 0 Å². The number of unbranched alkanes of at least 4 members (excludes halogenated alkanes) is 2. The van der Waals surface area contributed by atoms with E-state index in [0.717, 1.165) is 31.2 Å². The van der Waals surface area contributed by atoms with Crippen LogP contribution in [0.1, 0.15) is 65.4 Å². The molecule has 0 bridgehead atoms. The number of carbonyl (C=O) groups is 2. The van der Waals surface area contributed by atoms with E-state index in [1.807, 2.05) is 13.0 Å². The van der Waals surface area contributed by atoms with Crippen LogP contribution in [0.5, 0.6) is 0 Å². The number of halogens is 1. The van der Waals surface area contributed by atoms with Crippen molar-refractivity contribution in [1.82, 2.24) is 4.90 Å². The number of hydrogen-bond donors (Lipinski definition) is 0. The molecule has 6 nitrogen and oxygen atoms in total. The van der Waals surface area contributed by atoms with E-state index in [0.29, 0.717) is 29.7 Å². The summed E-state index contributed by atoms with van der Waals surface area (Å²) in [5, 5.41) is 0. The van der Waals surface area contributed by atoms with Gasteiger partial charge in [0.15, 0.2) is 9.84 Å². The largest absolute Gasteiger partial charge is 0.343 e. The number of rotatable bonds is 10. The zero-order valence-electron chi connectivity index (χ0n) is 18.4. The summed E-state index contributed by atoms with van der Waals surface area (Å²) in [6, 6.07) is 3.33. The Morgan fingerprint density at radius 2 is 1.77 bits per heavy atom. The van der Waals surface area contributed by atoms with Gasteiger partial charge in [-0.1, -0.05) is 42.6 Å². The molecule has 8 heteroatoms. The molecule has 0 radical (unpaired) electrons. The third kappa shape index (κ3) is 5.84. The standard InChI is InChI=1S/C22H33BrN2O4S/c1-5-7-10-24(11-8-6-2)21(27)9-12-30(28,29)20-15-19(23)14-18-13-16(3)25(17(4)26)22(18)20/h14-16H,5-13H2,1-4H3. The summed E-state index contributed by atoms with van der Waals surface area (Å²) < 4.78 is 27.2. The third-order valence-corrected chi connectivity index (χ3v) is 7.67. The zero-order chi connectivity index (χ0) is 22.5. The fraction of sp³-hybridized carbons (Fsp3) is 0.636. The van der Waals surface area contributed by atoms with Gasteiger partial charge in [-0.2, -0.15) is 0 Å². The van der Waals surface area contributed by atoms with E-state index in [4.69, 9.17) is 0 Å². The van der Waals surface area contributed by atoms with Crippen LogP contribution in [-0.2, 0) is 25.8 Å². The lowest BCUT2D eigenvalue weighted by Crippen LogP contribution is -2.35. The summed E-state index contributed by atoms with van der Waals surface area (Å²) >= 11 is 3.40. The predicted molar refractivity (Wildman–Crippen MR) is 124 cm³/mol. The van der Waals surface area contributed by atoms with Gasteiger partial charge in [-0.3, -0.25) is 9.59 Å². The lowest BCUT2D eigenvalue weighted by molar-refractivity contribution is -0.131. The van der Waals surface area contributed by atoms with Gasteiger partial charge in [-0.15, -0.1) is 0 Å². The molecule has 1 aromatic carbocycles. The minimum atomic E-state index is -3.74. The molecular weight excluding hydrogens is 468 g/mol. The number of benzene rings is 1. The van der Waals surface area contributed by atoms with E-state index in [1.165, 1.54) is 6.92 Å². The monoisotopic (exact) mass is 500 g/mol. The molecule has 0 fully saturated rings. The first-order valence-corrected chi connectivity index (χ1v) is 13.2. The number of sulfone groups is 1. The number of amides is 2. The second kappa shape index (κ2) is 10.8. The Kier molecular flexibility index (Phi) is 8.91. The molecule has 0 aromatic heterocycles. The van der Waals surface area contributed by atoms with Gasteiger partial charge in [-0.05, 0) is 43.9 Å². The molecule has 1 unspecified atom stereocenters. The highest BCUT2D eigenvalue weighted by Crippen LogP contribution is 2.40. The summed E-state index contributed by atoms with van der Waals surface area (Å²) in [6.45, 7) is 8.83. The number of carbonyl (C=O) groups excluding carboxylic acids is 2. The maximum atomic E-state index is 13.2. The Labute approximate surface area is 189 Å². The van der Waals surface area contributed by atoms with Crippen LogP contribution in [0.4, 0.5) is 5.69 Å². The topological polar surface area (TPSA) is 74.8 Å². The van der Waals surface area contributed by atoms with Gasteiger partial charge in [0, 0.05) is 36.9 Å². The lowest BCUT2D eigenvalue weighted by atomic mass is 10.1. The van der Waals surface area contributed by atoms with Crippen molar-refractivity contribution in [1.29, 1.82) is 0 Å².